The number of anilines is 1. The molecule has 4 rings (SSSR count). The van der Waals surface area contributed by atoms with Crippen LogP contribution in [-0.4, -0.2) is 97.7 Å². The van der Waals surface area contributed by atoms with Crippen molar-refractivity contribution in [3.63, 3.8) is 0 Å². The topological polar surface area (TPSA) is 86.2 Å². The van der Waals surface area contributed by atoms with Crippen LogP contribution in [0.3, 0.4) is 0 Å². The third kappa shape index (κ3) is 4.60. The van der Waals surface area contributed by atoms with E-state index in [2.05, 4.69) is 30.1 Å². The molecule has 1 aromatic heterocycles. The van der Waals surface area contributed by atoms with Crippen LogP contribution in [0, 0.1) is 5.41 Å². The van der Waals surface area contributed by atoms with Gasteiger partial charge in [0, 0.05) is 83.7 Å². The zero-order valence-electron chi connectivity index (χ0n) is 17.2. The van der Waals surface area contributed by atoms with Gasteiger partial charge in [-0.05, 0) is 18.9 Å². The van der Waals surface area contributed by atoms with Crippen LogP contribution < -0.4 is 10.2 Å². The lowest BCUT2D eigenvalue weighted by Crippen LogP contribution is -2.50. The maximum absolute atomic E-state index is 12.6. The summed E-state index contributed by atoms with van der Waals surface area (Å²) in [6.07, 6.45) is 6.27. The van der Waals surface area contributed by atoms with Gasteiger partial charge in [-0.3, -0.25) is 9.79 Å². The van der Waals surface area contributed by atoms with Crippen LogP contribution in [0.15, 0.2) is 23.5 Å². The molecule has 9 nitrogen and oxygen atoms in total. The zero-order chi connectivity index (χ0) is 20.1. The Kier molecular flexibility index (Phi) is 6.13. The third-order valence-corrected chi connectivity index (χ3v) is 6.22. The molecule has 1 N–H and O–H groups in total. The van der Waals surface area contributed by atoms with E-state index in [4.69, 9.17) is 4.74 Å². The first-order valence-corrected chi connectivity index (χ1v) is 10.5. The van der Waals surface area contributed by atoms with Gasteiger partial charge >= 0.3 is 0 Å². The summed E-state index contributed by atoms with van der Waals surface area (Å²) >= 11 is 0. The fraction of sp³-hybridized carbons (Fsp3) is 0.700. The van der Waals surface area contributed by atoms with Crippen LogP contribution in [0.1, 0.15) is 19.3 Å². The first kappa shape index (κ1) is 19.9. The van der Waals surface area contributed by atoms with Gasteiger partial charge < -0.3 is 24.8 Å². The number of aliphatic imine (C=N–C) groups is 1. The summed E-state index contributed by atoms with van der Waals surface area (Å²) in [5.41, 5.74) is 0.301. The van der Waals surface area contributed by atoms with Gasteiger partial charge in [-0.2, -0.15) is 0 Å². The van der Waals surface area contributed by atoms with Crippen molar-refractivity contribution in [1.29, 1.82) is 0 Å². The Labute approximate surface area is 172 Å². The molecule has 0 aliphatic carbocycles. The summed E-state index contributed by atoms with van der Waals surface area (Å²) in [6.45, 7) is 7.28. The molecule has 158 valence electrons. The molecule has 0 bridgehead atoms. The molecule has 4 heterocycles. The largest absolute Gasteiger partial charge is 0.381 e. The van der Waals surface area contributed by atoms with Crippen LogP contribution in [0.25, 0.3) is 0 Å². The lowest BCUT2D eigenvalue weighted by atomic mass is 9.87. The number of guanidine groups is 1. The van der Waals surface area contributed by atoms with Crippen molar-refractivity contribution in [2.24, 2.45) is 10.4 Å². The quantitative estimate of drug-likeness (QED) is 0.570. The van der Waals surface area contributed by atoms with Crippen molar-refractivity contribution in [3.05, 3.63) is 18.5 Å². The molecular formula is C20H31N7O2. The summed E-state index contributed by atoms with van der Waals surface area (Å²) in [7, 11) is 1.81. The van der Waals surface area contributed by atoms with E-state index in [0.29, 0.717) is 31.5 Å². The highest BCUT2D eigenvalue weighted by Crippen LogP contribution is 2.38. The molecule has 0 radical (unpaired) electrons. The number of piperazine rings is 1. The standard InChI is InChI=1S/C20H31N7O2/c1-21-18(27-9-4-20(15-27)5-14-29-16-20)24-8-3-17(28)25-10-12-26(13-11-25)19-22-6-2-7-23-19/h2,6-7H,3-5,8-16H2,1H3,(H,21,24). The zero-order valence-corrected chi connectivity index (χ0v) is 17.2. The Morgan fingerprint density at radius 3 is 2.66 bits per heavy atom. The third-order valence-electron chi connectivity index (χ3n) is 6.22. The molecule has 1 amide bonds. The van der Waals surface area contributed by atoms with Crippen LogP contribution in [-0.2, 0) is 9.53 Å². The minimum atomic E-state index is 0.184. The normalized spacial score (nSPS) is 25.1. The lowest BCUT2D eigenvalue weighted by Gasteiger charge is -2.34. The number of hydrogen-bond donors (Lipinski definition) is 1. The van der Waals surface area contributed by atoms with Crippen LogP contribution in [0.2, 0.25) is 0 Å². The minimum Gasteiger partial charge on any atom is -0.381 e. The summed E-state index contributed by atoms with van der Waals surface area (Å²) in [5.74, 6) is 1.82. The maximum atomic E-state index is 12.6. The molecule has 1 unspecified atom stereocenters. The second kappa shape index (κ2) is 8.94. The number of likely N-dealkylation sites (tertiary alicyclic amines) is 1. The van der Waals surface area contributed by atoms with Gasteiger partial charge in [0.2, 0.25) is 11.9 Å². The van der Waals surface area contributed by atoms with Crippen molar-refractivity contribution < 1.29 is 9.53 Å². The van der Waals surface area contributed by atoms with Crippen LogP contribution in [0.5, 0.6) is 0 Å². The van der Waals surface area contributed by atoms with Crippen LogP contribution >= 0.6 is 0 Å². The minimum absolute atomic E-state index is 0.184. The fourth-order valence-electron chi connectivity index (χ4n) is 4.47. The number of aromatic nitrogens is 2. The van der Waals surface area contributed by atoms with E-state index in [9.17, 15) is 4.79 Å². The van der Waals surface area contributed by atoms with Gasteiger partial charge in [0.15, 0.2) is 5.96 Å². The number of nitrogens with one attached hydrogen (secondary N) is 1. The number of carbonyl (C=O) groups excluding carboxylic acids is 1. The lowest BCUT2D eigenvalue weighted by molar-refractivity contribution is -0.131. The van der Waals surface area contributed by atoms with Crippen molar-refractivity contribution >= 4 is 17.8 Å². The van der Waals surface area contributed by atoms with E-state index in [-0.39, 0.29) is 5.91 Å². The van der Waals surface area contributed by atoms with Crippen molar-refractivity contribution in [2.45, 2.75) is 19.3 Å². The predicted octanol–water partition coefficient (Wildman–Crippen LogP) is 0.203. The average molecular weight is 402 g/mol. The fourth-order valence-corrected chi connectivity index (χ4v) is 4.47. The van der Waals surface area contributed by atoms with Crippen molar-refractivity contribution in [2.75, 3.05) is 71.0 Å². The number of nitrogens with zero attached hydrogens (tertiary/aromatic N) is 6. The number of amides is 1. The number of hydrogen-bond acceptors (Lipinski definition) is 6. The summed E-state index contributed by atoms with van der Waals surface area (Å²) in [6, 6.07) is 1.81. The highest BCUT2D eigenvalue weighted by Gasteiger charge is 2.42. The molecular weight excluding hydrogens is 370 g/mol. The van der Waals surface area contributed by atoms with Crippen molar-refractivity contribution in [3.8, 4) is 0 Å². The Balaban J connectivity index is 1.19. The van der Waals surface area contributed by atoms with Gasteiger partial charge in [-0.25, -0.2) is 9.97 Å². The highest BCUT2D eigenvalue weighted by molar-refractivity contribution is 5.81. The van der Waals surface area contributed by atoms with Crippen molar-refractivity contribution in [1.82, 2.24) is 25.1 Å². The molecule has 0 aromatic carbocycles. The summed E-state index contributed by atoms with van der Waals surface area (Å²) < 4.78 is 5.61. The van der Waals surface area contributed by atoms with E-state index < -0.39 is 0 Å². The molecule has 0 saturated carbocycles. The monoisotopic (exact) mass is 401 g/mol. The Morgan fingerprint density at radius 1 is 1.17 bits per heavy atom. The molecule has 29 heavy (non-hydrogen) atoms. The first-order valence-electron chi connectivity index (χ1n) is 10.5. The van der Waals surface area contributed by atoms with E-state index >= 15 is 0 Å². The van der Waals surface area contributed by atoms with Crippen LogP contribution in [0.4, 0.5) is 5.95 Å². The highest BCUT2D eigenvalue weighted by atomic mass is 16.5. The number of rotatable bonds is 4. The molecule has 1 atom stereocenters. The van der Waals surface area contributed by atoms with Gasteiger partial charge in [0.25, 0.3) is 0 Å². The second-order valence-corrected chi connectivity index (χ2v) is 8.11. The Morgan fingerprint density at radius 2 is 1.97 bits per heavy atom. The van der Waals surface area contributed by atoms with Gasteiger partial charge in [0.05, 0.1) is 6.61 Å². The molecule has 1 aromatic rings. The Hall–Kier alpha value is -2.42. The van der Waals surface area contributed by atoms with Gasteiger partial charge in [0.1, 0.15) is 0 Å². The molecule has 3 fully saturated rings. The first-order chi connectivity index (χ1) is 14.2. The predicted molar refractivity (Wildman–Crippen MR) is 111 cm³/mol. The Bertz CT molecular complexity index is 713. The average Bonchev–Trinajstić information content (AvgIpc) is 3.41. The molecule has 3 aliphatic rings. The van der Waals surface area contributed by atoms with Gasteiger partial charge in [-0.1, -0.05) is 0 Å². The van der Waals surface area contributed by atoms with E-state index in [1.54, 1.807) is 12.4 Å². The molecule has 3 aliphatic heterocycles. The molecule has 9 heteroatoms. The van der Waals surface area contributed by atoms with E-state index in [1.165, 1.54) is 0 Å². The SMILES string of the molecule is CN=C(NCCC(=O)N1CCN(c2ncccn2)CC1)N1CCC2(CCOC2)C1. The maximum Gasteiger partial charge on any atom is 0.225 e. The summed E-state index contributed by atoms with van der Waals surface area (Å²) in [5, 5.41) is 3.38. The van der Waals surface area contributed by atoms with E-state index in [1.807, 2.05) is 18.0 Å². The smallest absolute Gasteiger partial charge is 0.225 e. The van der Waals surface area contributed by atoms with Gasteiger partial charge in [-0.15, -0.1) is 0 Å². The number of carbonyl (C=O) groups is 1. The summed E-state index contributed by atoms with van der Waals surface area (Å²) in [4.78, 5) is 32.0. The van der Waals surface area contributed by atoms with E-state index in [0.717, 1.165) is 64.1 Å². The molecule has 3 saturated heterocycles. The number of ether oxygens (including phenoxy) is 1. The molecule has 1 spiro atoms. The second-order valence-electron chi connectivity index (χ2n) is 8.11.